The Kier molecular flexibility index (Phi) is 5.04. The minimum atomic E-state index is -3.46. The van der Waals surface area contributed by atoms with E-state index in [-0.39, 0.29) is 6.04 Å². The molecule has 0 bridgehead atoms. The van der Waals surface area contributed by atoms with Crippen LogP contribution in [0.1, 0.15) is 37.3 Å². The van der Waals surface area contributed by atoms with Crippen molar-refractivity contribution in [1.29, 1.82) is 0 Å². The van der Waals surface area contributed by atoms with Gasteiger partial charge in [-0.05, 0) is 49.9 Å². The topological polar surface area (TPSA) is 72.2 Å². The molecule has 1 atom stereocenters. The number of sulfonamides is 1. The molecule has 0 saturated heterocycles. The van der Waals surface area contributed by atoms with Gasteiger partial charge in [0.1, 0.15) is 0 Å². The van der Waals surface area contributed by atoms with Crippen molar-refractivity contribution in [2.24, 2.45) is 11.7 Å². The van der Waals surface area contributed by atoms with Crippen LogP contribution in [-0.2, 0) is 10.0 Å². The Labute approximate surface area is 127 Å². The van der Waals surface area contributed by atoms with E-state index in [9.17, 15) is 8.42 Å². The van der Waals surface area contributed by atoms with Crippen LogP contribution in [0.15, 0.2) is 23.1 Å². The normalized spacial score (nSPS) is 16.1. The number of rotatable bonds is 5. The molecule has 1 saturated carbocycles. The van der Waals surface area contributed by atoms with Crippen LogP contribution in [0.25, 0.3) is 0 Å². The molecule has 2 rings (SSSR count). The summed E-state index contributed by atoms with van der Waals surface area (Å²) >= 11 is 0. The summed E-state index contributed by atoms with van der Waals surface area (Å²) in [6.07, 6.45) is 3.36. The van der Waals surface area contributed by atoms with Crippen LogP contribution < -0.4 is 10.5 Å². The molecule has 0 aromatic heterocycles. The van der Waals surface area contributed by atoms with Crippen LogP contribution in [0, 0.1) is 24.7 Å². The van der Waals surface area contributed by atoms with Gasteiger partial charge in [-0.25, -0.2) is 13.1 Å². The Morgan fingerprint density at radius 3 is 2.71 bits per heavy atom. The lowest BCUT2D eigenvalue weighted by molar-refractivity contribution is 0.530. The van der Waals surface area contributed by atoms with Crippen molar-refractivity contribution >= 4 is 10.0 Å². The number of benzene rings is 1. The Morgan fingerprint density at radius 2 is 2.14 bits per heavy atom. The second-order valence-corrected chi connectivity index (χ2v) is 7.40. The lowest BCUT2D eigenvalue weighted by Crippen LogP contribution is -2.33. The fourth-order valence-corrected chi connectivity index (χ4v) is 3.67. The monoisotopic (exact) mass is 306 g/mol. The van der Waals surface area contributed by atoms with Crippen LogP contribution in [0.4, 0.5) is 0 Å². The van der Waals surface area contributed by atoms with Crippen molar-refractivity contribution in [3.8, 4) is 11.8 Å². The van der Waals surface area contributed by atoms with Gasteiger partial charge in [-0.15, -0.1) is 0 Å². The maximum atomic E-state index is 12.4. The molecule has 1 aromatic carbocycles. The van der Waals surface area contributed by atoms with Crippen molar-refractivity contribution in [2.75, 3.05) is 6.54 Å². The van der Waals surface area contributed by atoms with Crippen molar-refractivity contribution in [1.82, 2.24) is 4.72 Å². The van der Waals surface area contributed by atoms with Crippen molar-refractivity contribution < 1.29 is 8.42 Å². The highest BCUT2D eigenvalue weighted by molar-refractivity contribution is 7.89. The fraction of sp³-hybridized carbons (Fsp3) is 0.500. The molecule has 1 aliphatic carbocycles. The first-order valence-corrected chi connectivity index (χ1v) is 8.72. The molecule has 0 heterocycles. The molecular weight excluding hydrogens is 284 g/mol. The maximum Gasteiger partial charge on any atom is 0.240 e. The van der Waals surface area contributed by atoms with E-state index >= 15 is 0 Å². The largest absolute Gasteiger partial charge is 0.320 e. The third-order valence-corrected chi connectivity index (χ3v) is 5.16. The van der Waals surface area contributed by atoms with Gasteiger partial charge in [-0.2, -0.15) is 0 Å². The zero-order valence-corrected chi connectivity index (χ0v) is 13.3. The van der Waals surface area contributed by atoms with Gasteiger partial charge in [0.2, 0.25) is 10.0 Å². The van der Waals surface area contributed by atoms with Gasteiger partial charge in [-0.1, -0.05) is 24.7 Å². The highest BCUT2D eigenvalue weighted by atomic mass is 32.2. The number of nitrogens with two attached hydrogens (primary N) is 1. The maximum absolute atomic E-state index is 12.4. The predicted octanol–water partition coefficient (Wildman–Crippen LogP) is 1.77. The van der Waals surface area contributed by atoms with Crippen LogP contribution >= 0.6 is 0 Å². The molecule has 4 nitrogen and oxygen atoms in total. The first-order valence-electron chi connectivity index (χ1n) is 7.24. The molecule has 0 radical (unpaired) electrons. The minimum Gasteiger partial charge on any atom is -0.320 e. The van der Waals surface area contributed by atoms with Gasteiger partial charge in [0.15, 0.2) is 0 Å². The first-order chi connectivity index (χ1) is 9.92. The van der Waals surface area contributed by atoms with E-state index in [1.165, 1.54) is 12.8 Å². The molecule has 1 unspecified atom stereocenters. The van der Waals surface area contributed by atoms with Gasteiger partial charge in [0.05, 0.1) is 11.4 Å². The highest BCUT2D eigenvalue weighted by Gasteiger charge is 2.26. The fourth-order valence-electron chi connectivity index (χ4n) is 2.32. The molecule has 114 valence electrons. The van der Waals surface area contributed by atoms with E-state index in [1.807, 2.05) is 13.8 Å². The summed E-state index contributed by atoms with van der Waals surface area (Å²) < 4.78 is 27.5. The molecule has 1 aromatic rings. The molecule has 0 amide bonds. The van der Waals surface area contributed by atoms with Crippen LogP contribution in [-0.4, -0.2) is 21.0 Å². The molecule has 0 spiro atoms. The summed E-state index contributed by atoms with van der Waals surface area (Å²) in [4.78, 5) is 0.293. The second kappa shape index (κ2) is 6.61. The van der Waals surface area contributed by atoms with E-state index in [2.05, 4.69) is 16.6 Å². The molecule has 0 aliphatic heterocycles. The SMILES string of the molecule is Cc1cc(S(=O)(=O)NC(C)CC2CC2)ccc1C#CCN. The Hall–Kier alpha value is -1.35. The summed E-state index contributed by atoms with van der Waals surface area (Å²) in [6.45, 7) is 4.07. The number of nitrogens with one attached hydrogen (secondary N) is 1. The summed E-state index contributed by atoms with van der Waals surface area (Å²) in [5.41, 5.74) is 7.00. The summed E-state index contributed by atoms with van der Waals surface area (Å²) in [7, 11) is -3.46. The lowest BCUT2D eigenvalue weighted by Gasteiger charge is -2.14. The van der Waals surface area contributed by atoms with Crippen LogP contribution in [0.2, 0.25) is 0 Å². The Morgan fingerprint density at radius 1 is 1.43 bits per heavy atom. The molecule has 1 fully saturated rings. The Bertz CT molecular complexity index is 667. The predicted molar refractivity (Wildman–Crippen MR) is 84.2 cm³/mol. The lowest BCUT2D eigenvalue weighted by atomic mass is 10.1. The summed E-state index contributed by atoms with van der Waals surface area (Å²) in [6, 6.07) is 4.96. The summed E-state index contributed by atoms with van der Waals surface area (Å²) in [5, 5.41) is 0. The molecule has 5 heteroatoms. The van der Waals surface area contributed by atoms with Gasteiger partial charge >= 0.3 is 0 Å². The minimum absolute atomic E-state index is 0.0282. The zero-order chi connectivity index (χ0) is 15.5. The standard InChI is InChI=1S/C16H22N2O2S/c1-12-10-16(8-7-15(12)4-3-9-17)21(19,20)18-13(2)11-14-5-6-14/h7-8,10,13-14,18H,5-6,9,11,17H2,1-2H3. The second-order valence-electron chi connectivity index (χ2n) is 5.68. The van der Waals surface area contributed by atoms with Crippen molar-refractivity contribution in [2.45, 2.75) is 44.0 Å². The average molecular weight is 306 g/mol. The highest BCUT2D eigenvalue weighted by Crippen LogP contribution is 2.33. The molecule has 1 aliphatic rings. The van der Waals surface area contributed by atoms with Crippen molar-refractivity contribution in [3.05, 3.63) is 29.3 Å². The zero-order valence-electron chi connectivity index (χ0n) is 12.5. The van der Waals surface area contributed by atoms with E-state index in [4.69, 9.17) is 5.73 Å². The summed E-state index contributed by atoms with van der Waals surface area (Å²) in [5.74, 6) is 6.41. The average Bonchev–Trinajstić information content (AvgIpc) is 3.20. The van der Waals surface area contributed by atoms with E-state index in [1.54, 1.807) is 18.2 Å². The van der Waals surface area contributed by atoms with Crippen LogP contribution in [0.5, 0.6) is 0 Å². The van der Waals surface area contributed by atoms with E-state index in [0.29, 0.717) is 17.4 Å². The van der Waals surface area contributed by atoms with Gasteiger partial charge in [0.25, 0.3) is 0 Å². The van der Waals surface area contributed by atoms with Gasteiger partial charge < -0.3 is 5.73 Å². The quantitative estimate of drug-likeness (QED) is 0.814. The Balaban J connectivity index is 2.13. The number of aryl methyl sites for hydroxylation is 1. The van der Waals surface area contributed by atoms with E-state index < -0.39 is 10.0 Å². The molecule has 3 N–H and O–H groups in total. The van der Waals surface area contributed by atoms with E-state index in [0.717, 1.165) is 17.5 Å². The van der Waals surface area contributed by atoms with Crippen molar-refractivity contribution in [3.63, 3.8) is 0 Å². The molecule has 21 heavy (non-hydrogen) atoms. The number of hydrogen-bond acceptors (Lipinski definition) is 3. The van der Waals surface area contributed by atoms with Crippen LogP contribution in [0.3, 0.4) is 0 Å². The van der Waals surface area contributed by atoms with Gasteiger partial charge in [0, 0.05) is 11.6 Å². The smallest absolute Gasteiger partial charge is 0.240 e. The molecular formula is C16H22N2O2S. The van der Waals surface area contributed by atoms with Gasteiger partial charge in [-0.3, -0.25) is 0 Å². The third-order valence-electron chi connectivity index (χ3n) is 3.57. The first kappa shape index (κ1) is 16.0. The number of hydrogen-bond donors (Lipinski definition) is 2. The third kappa shape index (κ3) is 4.57.